The Hall–Kier alpha value is -1.76. The molecule has 1 amide bonds. The number of methoxy groups -OCH3 is 2. The maximum atomic E-state index is 10.2. The molecule has 0 aliphatic heterocycles. The number of aliphatic hydroxyl groups is 1. The van der Waals surface area contributed by atoms with Gasteiger partial charge < -0.3 is 5.73 Å². The van der Waals surface area contributed by atoms with Gasteiger partial charge in [-0.05, 0) is 6.42 Å². The topological polar surface area (TPSA) is 103 Å². The molecule has 0 atom stereocenters. The number of allylic oxidation sites excluding steroid dienone is 2. The largest absolute Gasteiger partial charge is 0.372 e. The Morgan fingerprint density at radius 1 is 1.31 bits per heavy atom. The zero-order valence-corrected chi connectivity index (χ0v) is 26.9. The van der Waals surface area contributed by atoms with Gasteiger partial charge in [0.2, 0.25) is 6.41 Å². The summed E-state index contributed by atoms with van der Waals surface area (Å²) in [5, 5.41) is 12.9. The molecular formula is C27H40N2O5VW-2. The summed E-state index contributed by atoms with van der Waals surface area (Å²) in [6.07, 6.45) is 11.3. The SMILES string of the molecule is CC.CN[C-]=[W].CO[C-]=C(/C=C/C=C(\O)Oc1cc2c(cc1C)CCCC2(C)C)[C](=[V])OC.NC=O. The summed E-state index contributed by atoms with van der Waals surface area (Å²) < 4.78 is 19.1. The van der Waals surface area contributed by atoms with E-state index in [-0.39, 0.29) is 17.8 Å². The van der Waals surface area contributed by atoms with Crippen LogP contribution >= 0.6 is 0 Å². The van der Waals surface area contributed by atoms with E-state index >= 15 is 0 Å². The maximum absolute atomic E-state index is 10.2. The molecule has 1 aromatic carbocycles. The van der Waals surface area contributed by atoms with Gasteiger partial charge in [0, 0.05) is 0 Å². The van der Waals surface area contributed by atoms with E-state index in [1.54, 1.807) is 19.3 Å². The van der Waals surface area contributed by atoms with Gasteiger partial charge in [0.1, 0.15) is 0 Å². The van der Waals surface area contributed by atoms with Crippen LogP contribution < -0.4 is 15.8 Å². The van der Waals surface area contributed by atoms with Crippen LogP contribution in [0.3, 0.4) is 0 Å². The molecule has 1 aromatic rings. The molecule has 1 aliphatic rings. The van der Waals surface area contributed by atoms with Crippen molar-refractivity contribution in [2.24, 2.45) is 5.73 Å². The molecular weight excluding hydrogens is 667 g/mol. The van der Waals surface area contributed by atoms with E-state index in [4.69, 9.17) is 19.0 Å². The van der Waals surface area contributed by atoms with Gasteiger partial charge in [-0.15, -0.1) is 0 Å². The molecule has 201 valence electrons. The molecule has 7 nitrogen and oxygen atoms in total. The second-order valence-electron chi connectivity index (χ2n) is 7.70. The van der Waals surface area contributed by atoms with Gasteiger partial charge in [0.05, 0.1) is 0 Å². The van der Waals surface area contributed by atoms with Crippen molar-refractivity contribution in [1.29, 1.82) is 0 Å². The Bertz CT molecular complexity index is 912. The molecule has 4 N–H and O–H groups in total. The second-order valence-corrected chi connectivity index (χ2v) is 9.06. The molecule has 0 unspecified atom stereocenters. The maximum Gasteiger partial charge on any atom is 0.204 e. The number of hydrogen-bond donors (Lipinski definition) is 3. The molecule has 2 rings (SSSR count). The Kier molecular flexibility index (Phi) is 21.6. The molecule has 0 heterocycles. The van der Waals surface area contributed by atoms with E-state index in [0.717, 1.165) is 18.4 Å². The van der Waals surface area contributed by atoms with Crippen molar-refractivity contribution in [3.8, 4) is 5.75 Å². The molecule has 0 saturated carbocycles. The molecule has 0 saturated heterocycles. The van der Waals surface area contributed by atoms with Gasteiger partial charge in [0.25, 0.3) is 0 Å². The molecule has 0 radical (unpaired) electrons. The smallest absolute Gasteiger partial charge is 0.204 e. The van der Waals surface area contributed by atoms with Gasteiger partial charge in [0.15, 0.2) is 0 Å². The summed E-state index contributed by atoms with van der Waals surface area (Å²) in [5.41, 5.74) is 8.62. The Morgan fingerprint density at radius 3 is 2.39 bits per heavy atom. The van der Waals surface area contributed by atoms with Crippen molar-refractivity contribution >= 4 is 15.3 Å². The molecule has 0 bridgehead atoms. The van der Waals surface area contributed by atoms with Gasteiger partial charge >= 0.3 is 201 Å². The molecule has 9 heteroatoms. The number of aliphatic hydroxyl groups excluding tert-OH is 1. The van der Waals surface area contributed by atoms with Crippen LogP contribution in [0.4, 0.5) is 0 Å². The normalized spacial score (nSPS) is 13.9. The summed E-state index contributed by atoms with van der Waals surface area (Å²) in [4.78, 5) is 8.58. The molecule has 1 aliphatic carbocycles. The molecule has 0 fully saturated rings. The first-order valence-corrected chi connectivity index (χ1v) is 13.6. The van der Waals surface area contributed by atoms with Crippen molar-refractivity contribution in [3.63, 3.8) is 0 Å². The first-order valence-electron chi connectivity index (χ1n) is 11.5. The third kappa shape index (κ3) is 14.1. The van der Waals surface area contributed by atoms with Crippen molar-refractivity contribution < 1.29 is 60.4 Å². The first-order chi connectivity index (χ1) is 17.1. The number of amides is 1. The number of nitrogens with two attached hydrogens (primary N) is 1. The summed E-state index contributed by atoms with van der Waals surface area (Å²) in [7, 11) is 4.92. The average molecular weight is 707 g/mol. The number of benzene rings is 1. The van der Waals surface area contributed by atoms with Gasteiger partial charge in [-0.2, -0.15) is 0 Å². The van der Waals surface area contributed by atoms with Crippen molar-refractivity contribution in [1.82, 2.24) is 5.32 Å². The van der Waals surface area contributed by atoms with Crippen LogP contribution in [0.25, 0.3) is 0 Å². The number of carbonyl (C=O) groups is 1. The summed E-state index contributed by atoms with van der Waals surface area (Å²) in [6.45, 7) is 10.5. The Morgan fingerprint density at radius 2 is 1.89 bits per heavy atom. The minimum absolute atomic E-state index is 0.125. The van der Waals surface area contributed by atoms with Crippen LogP contribution in [-0.4, -0.2) is 41.7 Å². The Balaban J connectivity index is 0. The minimum atomic E-state index is -0.177. The van der Waals surface area contributed by atoms with Crippen LogP contribution in [0.1, 0.15) is 57.2 Å². The Labute approximate surface area is 237 Å². The minimum Gasteiger partial charge on any atom is -0.372 e. The predicted molar refractivity (Wildman–Crippen MR) is 139 cm³/mol. The number of primary amides is 1. The number of nitrogens with one attached hydrogen (secondary N) is 1. The second kappa shape index (κ2) is 21.3. The van der Waals surface area contributed by atoms with Crippen LogP contribution in [0.15, 0.2) is 41.9 Å². The van der Waals surface area contributed by atoms with E-state index in [0.29, 0.717) is 15.7 Å². The number of fused-ring (bicyclic) bond motifs is 1. The van der Waals surface area contributed by atoms with E-state index in [9.17, 15) is 5.11 Å². The van der Waals surface area contributed by atoms with Crippen LogP contribution in [-0.2, 0) is 62.4 Å². The first kappa shape index (κ1) is 36.4. The number of hydrogen-bond acceptors (Lipinski definition) is 6. The third-order valence-corrected chi connectivity index (χ3v) is 6.23. The van der Waals surface area contributed by atoms with Crippen molar-refractivity contribution in [2.75, 3.05) is 21.3 Å². The molecule has 36 heavy (non-hydrogen) atoms. The standard InChI is InChI=1S/C22H27O4.C2H4N.C2H6.CH3NO.V.W/c1-16-12-18-9-7-11-22(2,3)19(18)13-20(16)26-21(23)10-6-8-17(14-24-4)15-25-5;1-3-2;1-2;2-1-3;;/h6,8,10,12-13,23H,7,9,11H2,1-5H3;3H,1H3;1-2H3;1H,(H2,2,3);;/q2*-1;;;;/b8-6+,21-10+;;;;;. The predicted octanol–water partition coefficient (Wildman–Crippen LogP) is 4.12. The summed E-state index contributed by atoms with van der Waals surface area (Å²) in [5.74, 6) is 0.505. The zero-order chi connectivity index (χ0) is 28.1. The van der Waals surface area contributed by atoms with Gasteiger partial charge in [-0.1, -0.05) is 13.8 Å². The zero-order valence-electron chi connectivity index (χ0n) is 22.6. The molecule has 0 spiro atoms. The van der Waals surface area contributed by atoms with E-state index in [1.807, 2.05) is 27.8 Å². The quantitative estimate of drug-likeness (QED) is 0.124. The fourth-order valence-electron chi connectivity index (χ4n) is 3.29. The monoisotopic (exact) mass is 707 g/mol. The summed E-state index contributed by atoms with van der Waals surface area (Å²) >= 11 is 3.64. The van der Waals surface area contributed by atoms with Crippen LogP contribution in [0.5, 0.6) is 5.75 Å². The number of carbonyl (C=O) groups excluding carboxylic acids is 1. The third-order valence-electron chi connectivity index (χ3n) is 4.83. The molecule has 0 aromatic heterocycles. The number of rotatable bonds is 8. The fraction of sp³-hybridized carbons (Fsp3) is 0.444. The van der Waals surface area contributed by atoms with Crippen molar-refractivity contribution in [2.45, 2.75) is 59.3 Å². The van der Waals surface area contributed by atoms with Crippen molar-refractivity contribution in [3.05, 3.63) is 64.8 Å². The fourth-order valence-corrected chi connectivity index (χ4v) is 3.48. The van der Waals surface area contributed by atoms with Gasteiger partial charge in [-0.3, -0.25) is 4.79 Å². The van der Waals surface area contributed by atoms with Gasteiger partial charge in [-0.25, -0.2) is 0 Å². The average Bonchev–Trinajstić information content (AvgIpc) is 2.85. The van der Waals surface area contributed by atoms with E-state index in [1.165, 1.54) is 50.1 Å². The number of ether oxygens (including phenoxy) is 3. The van der Waals surface area contributed by atoms with E-state index < -0.39 is 0 Å². The summed E-state index contributed by atoms with van der Waals surface area (Å²) in [6, 6.07) is 4.25. The van der Waals surface area contributed by atoms with Crippen LogP contribution in [0.2, 0.25) is 0 Å². The number of aryl methyl sites for hydroxylation is 2. The van der Waals surface area contributed by atoms with Crippen LogP contribution in [0, 0.1) is 13.2 Å². The van der Waals surface area contributed by atoms with E-state index in [2.05, 4.69) is 64.8 Å².